The molecule has 1 atom stereocenters. The van der Waals surface area contributed by atoms with Crippen LogP contribution in [0.25, 0.3) is 0 Å². The largest absolute Gasteiger partial charge is 0.342 e. The third kappa shape index (κ3) is 6.76. The summed E-state index contributed by atoms with van der Waals surface area (Å²) in [6.07, 6.45) is 0. The van der Waals surface area contributed by atoms with E-state index in [2.05, 4.69) is 4.40 Å². The lowest BCUT2D eigenvalue weighted by Crippen LogP contribution is -2.42. The highest BCUT2D eigenvalue weighted by Gasteiger charge is 2.34. The van der Waals surface area contributed by atoms with Crippen molar-refractivity contribution >= 4 is 43.3 Å². The van der Waals surface area contributed by atoms with E-state index in [9.17, 15) is 21.2 Å². The highest BCUT2D eigenvalue weighted by Crippen LogP contribution is 2.30. The summed E-state index contributed by atoms with van der Waals surface area (Å²) in [6.45, 7) is 0.0626. The van der Waals surface area contributed by atoms with Gasteiger partial charge in [-0.05, 0) is 47.5 Å². The molecule has 3 aromatic carbocycles. The molecule has 38 heavy (non-hydrogen) atoms. The van der Waals surface area contributed by atoms with Crippen LogP contribution < -0.4 is 5.14 Å². The molecular weight excluding hydrogens is 553 g/mol. The maximum Gasteiger partial charge on any atom is 0.285 e. The zero-order valence-electron chi connectivity index (χ0n) is 20.3. The summed E-state index contributed by atoms with van der Waals surface area (Å²) in [5, 5.41) is 11.6. The first kappa shape index (κ1) is 27.7. The van der Waals surface area contributed by atoms with E-state index in [1.165, 1.54) is 53.4 Å². The lowest BCUT2D eigenvalue weighted by molar-refractivity contribution is 0.382. The number of nitrogens with zero attached hydrogens (tertiary/aromatic N) is 4. The molecule has 200 valence electrons. The lowest BCUT2D eigenvalue weighted by atomic mass is 9.91. The van der Waals surface area contributed by atoms with Crippen LogP contribution in [0.1, 0.15) is 17.0 Å². The molecule has 2 N–H and O–H groups in total. The predicted molar refractivity (Wildman–Crippen MR) is 146 cm³/mol. The SMILES string of the molecule is CN(CCS(N)(=O)=O)/C(=N/S(=O)(=O)c1ccc(Cl)cc1)N1C[C@H](c2ccccc2)C(c2ccc(F)cc2)=N1. The smallest absolute Gasteiger partial charge is 0.285 e. The molecule has 0 saturated carbocycles. The summed E-state index contributed by atoms with van der Waals surface area (Å²) in [6, 6.07) is 20.8. The van der Waals surface area contributed by atoms with Crippen LogP contribution in [0, 0.1) is 5.82 Å². The van der Waals surface area contributed by atoms with Crippen molar-refractivity contribution in [1.82, 2.24) is 9.91 Å². The number of sulfonamides is 2. The van der Waals surface area contributed by atoms with Crippen LogP contribution in [-0.2, 0) is 20.0 Å². The number of guanidine groups is 1. The molecule has 0 amide bonds. The molecule has 9 nitrogen and oxygen atoms in total. The lowest BCUT2D eigenvalue weighted by Gasteiger charge is -2.26. The van der Waals surface area contributed by atoms with Gasteiger partial charge in [-0.2, -0.15) is 13.5 Å². The van der Waals surface area contributed by atoms with Gasteiger partial charge < -0.3 is 4.90 Å². The summed E-state index contributed by atoms with van der Waals surface area (Å²) >= 11 is 5.91. The van der Waals surface area contributed by atoms with E-state index < -0.39 is 31.6 Å². The van der Waals surface area contributed by atoms with Crippen LogP contribution in [0.15, 0.2) is 93.3 Å². The average molecular weight is 578 g/mol. The van der Waals surface area contributed by atoms with Crippen LogP contribution in [0.5, 0.6) is 0 Å². The van der Waals surface area contributed by atoms with Gasteiger partial charge in [-0.1, -0.05) is 54.1 Å². The third-order valence-electron chi connectivity index (χ3n) is 5.85. The summed E-state index contributed by atoms with van der Waals surface area (Å²) < 4.78 is 67.4. The molecular formula is C25H25ClFN5O4S2. The van der Waals surface area contributed by atoms with E-state index in [1.807, 2.05) is 30.3 Å². The first-order chi connectivity index (χ1) is 17.9. The zero-order chi connectivity index (χ0) is 27.5. The average Bonchev–Trinajstić information content (AvgIpc) is 3.32. The van der Waals surface area contributed by atoms with Gasteiger partial charge in [0.15, 0.2) is 0 Å². The molecule has 4 rings (SSSR count). The summed E-state index contributed by atoms with van der Waals surface area (Å²) in [5.74, 6) is -1.24. The monoisotopic (exact) mass is 577 g/mol. The van der Waals surface area contributed by atoms with Gasteiger partial charge in [-0.25, -0.2) is 23.0 Å². The van der Waals surface area contributed by atoms with Crippen molar-refractivity contribution in [3.8, 4) is 0 Å². The number of halogens is 2. The normalized spacial score (nSPS) is 16.4. The van der Waals surface area contributed by atoms with E-state index >= 15 is 0 Å². The predicted octanol–water partition coefficient (Wildman–Crippen LogP) is 3.25. The number of hydrogen-bond acceptors (Lipinski definition) is 5. The number of primary sulfonamides is 1. The molecule has 0 radical (unpaired) electrons. The number of rotatable bonds is 7. The molecule has 0 fully saturated rings. The molecule has 0 unspecified atom stereocenters. The second kappa shape index (κ2) is 11.2. The van der Waals surface area contributed by atoms with Crippen molar-refractivity contribution in [2.75, 3.05) is 25.9 Å². The van der Waals surface area contributed by atoms with E-state index in [1.54, 1.807) is 12.1 Å². The first-order valence-corrected chi connectivity index (χ1v) is 15.0. The topological polar surface area (TPSA) is 125 Å². The van der Waals surface area contributed by atoms with E-state index in [-0.39, 0.29) is 29.9 Å². The number of hydrogen-bond donors (Lipinski definition) is 1. The molecule has 0 spiro atoms. The van der Waals surface area contributed by atoms with Gasteiger partial charge in [-0.3, -0.25) is 0 Å². The molecule has 0 saturated heterocycles. The number of benzene rings is 3. The van der Waals surface area contributed by atoms with Crippen molar-refractivity contribution in [3.05, 3.63) is 101 Å². The minimum atomic E-state index is -4.24. The fourth-order valence-corrected chi connectivity index (χ4v) is 5.59. The van der Waals surface area contributed by atoms with E-state index in [4.69, 9.17) is 21.8 Å². The molecule has 13 heteroatoms. The van der Waals surface area contributed by atoms with Crippen LogP contribution in [0.2, 0.25) is 5.02 Å². The third-order valence-corrected chi connectivity index (χ3v) is 8.13. The Balaban J connectivity index is 1.80. The molecule has 3 aromatic rings. The van der Waals surface area contributed by atoms with E-state index in [0.717, 1.165) is 5.56 Å². The standard InChI is InChI=1S/C25H25ClFN5O4S2/c1-31(15-16-37(28,33)34)25(30-38(35,36)22-13-9-20(26)10-14-22)32-17-23(18-5-3-2-4-6-18)24(29-32)19-7-11-21(27)12-8-19/h2-14,23H,15-17H2,1H3,(H2,28,33,34)/b30-25-/t23-/m1/s1. The second-order valence-electron chi connectivity index (χ2n) is 8.65. The highest BCUT2D eigenvalue weighted by molar-refractivity contribution is 7.90. The van der Waals surface area contributed by atoms with Gasteiger partial charge in [0.05, 0.1) is 22.9 Å². The minimum absolute atomic E-state index is 0.0957. The molecule has 1 aliphatic rings. The van der Waals surface area contributed by atoms with Crippen molar-refractivity contribution in [2.45, 2.75) is 10.8 Å². The fourth-order valence-electron chi connectivity index (χ4n) is 3.90. The van der Waals surface area contributed by atoms with Gasteiger partial charge in [0.1, 0.15) is 5.82 Å². The molecule has 0 bridgehead atoms. The molecule has 1 heterocycles. The van der Waals surface area contributed by atoms with Crippen LogP contribution in [0.3, 0.4) is 0 Å². The Morgan fingerprint density at radius 3 is 2.29 bits per heavy atom. The summed E-state index contributed by atoms with van der Waals surface area (Å²) in [7, 11) is -6.57. The van der Waals surface area contributed by atoms with Crippen molar-refractivity contribution < 1.29 is 21.2 Å². The Hall–Kier alpha value is -3.32. The van der Waals surface area contributed by atoms with Gasteiger partial charge in [0.25, 0.3) is 10.0 Å². The molecule has 0 aromatic heterocycles. The number of hydrazone groups is 1. The highest BCUT2D eigenvalue weighted by atomic mass is 35.5. The summed E-state index contributed by atoms with van der Waals surface area (Å²) in [5.41, 5.74) is 2.13. The second-order valence-corrected chi connectivity index (χ2v) is 12.4. The van der Waals surface area contributed by atoms with E-state index in [0.29, 0.717) is 16.3 Å². The van der Waals surface area contributed by atoms with Gasteiger partial charge in [0, 0.05) is 24.5 Å². The maximum atomic E-state index is 13.6. The van der Waals surface area contributed by atoms with Crippen LogP contribution >= 0.6 is 11.6 Å². The van der Waals surface area contributed by atoms with Gasteiger partial charge >= 0.3 is 0 Å². The van der Waals surface area contributed by atoms with Gasteiger partial charge in [-0.15, -0.1) is 4.40 Å². The fraction of sp³-hybridized carbons (Fsp3) is 0.200. The van der Waals surface area contributed by atoms with Gasteiger partial charge in [0.2, 0.25) is 16.0 Å². The van der Waals surface area contributed by atoms with Crippen molar-refractivity contribution in [3.63, 3.8) is 0 Å². The number of nitrogens with two attached hydrogens (primary N) is 1. The summed E-state index contributed by atoms with van der Waals surface area (Å²) in [4.78, 5) is 1.28. The van der Waals surface area contributed by atoms with Crippen LogP contribution in [-0.4, -0.2) is 64.3 Å². The Labute approximate surface area is 226 Å². The quantitative estimate of drug-likeness (QED) is 0.339. The Morgan fingerprint density at radius 2 is 1.68 bits per heavy atom. The van der Waals surface area contributed by atoms with Crippen molar-refractivity contribution in [1.29, 1.82) is 0 Å². The first-order valence-electron chi connectivity index (χ1n) is 11.4. The Bertz CT molecular complexity index is 1560. The maximum absolute atomic E-state index is 13.6. The molecule has 1 aliphatic heterocycles. The van der Waals surface area contributed by atoms with Crippen LogP contribution in [0.4, 0.5) is 4.39 Å². The Kier molecular flexibility index (Phi) is 8.16. The zero-order valence-corrected chi connectivity index (χ0v) is 22.7. The Morgan fingerprint density at radius 1 is 1.05 bits per heavy atom. The van der Waals surface area contributed by atoms with Crippen molar-refractivity contribution in [2.24, 2.45) is 14.6 Å². The minimum Gasteiger partial charge on any atom is -0.342 e. The molecule has 0 aliphatic carbocycles.